The number of ketones is 1. The van der Waals surface area contributed by atoms with Gasteiger partial charge in [0.2, 0.25) is 0 Å². The van der Waals surface area contributed by atoms with Gasteiger partial charge in [-0.3, -0.25) is 4.79 Å². The van der Waals surface area contributed by atoms with Gasteiger partial charge in [0, 0.05) is 5.41 Å². The van der Waals surface area contributed by atoms with Crippen molar-refractivity contribution in [1.29, 1.82) is 0 Å². The Hall–Kier alpha value is -0.850. The fourth-order valence-electron chi connectivity index (χ4n) is 0.426. The number of carbonyl (C=O) groups excluding carboxylic acids is 1. The van der Waals surface area contributed by atoms with Crippen LogP contribution in [-0.4, -0.2) is 5.78 Å². The summed E-state index contributed by atoms with van der Waals surface area (Å²) in [7, 11) is 0. The summed E-state index contributed by atoms with van der Waals surface area (Å²) in [5.41, 5.74) is -0.339. The molecule has 0 aromatic carbocycles. The highest BCUT2D eigenvalue weighted by atomic mass is 16.1. The molecule has 0 N–H and O–H groups in total. The molecule has 56 valence electrons. The van der Waals surface area contributed by atoms with Gasteiger partial charge in [0.15, 0.2) is 0 Å². The number of hydrogen-bond donors (Lipinski definition) is 0. The molecule has 0 aromatic rings. The smallest absolute Gasteiger partial charge is 0.139 e. The van der Waals surface area contributed by atoms with Crippen LogP contribution in [0.2, 0.25) is 0 Å². The second-order valence-corrected chi connectivity index (χ2v) is 2.87. The van der Waals surface area contributed by atoms with Gasteiger partial charge >= 0.3 is 0 Å². The number of rotatable bonds is 3. The Kier molecular flexibility index (Phi) is 3.07. The van der Waals surface area contributed by atoms with Gasteiger partial charge in [-0.1, -0.05) is 24.8 Å². The van der Waals surface area contributed by atoms with E-state index in [1.807, 2.05) is 19.9 Å². The van der Waals surface area contributed by atoms with Gasteiger partial charge in [0.1, 0.15) is 5.78 Å². The molecule has 0 aromatic heterocycles. The van der Waals surface area contributed by atoms with E-state index in [1.165, 1.54) is 0 Å². The molecular formula is C9H14O. The largest absolute Gasteiger partial charge is 0.299 e. The summed E-state index contributed by atoms with van der Waals surface area (Å²) in [4.78, 5) is 10.9. The molecule has 0 aliphatic heterocycles. The Morgan fingerprint density at radius 1 is 1.50 bits per heavy atom. The van der Waals surface area contributed by atoms with Crippen molar-refractivity contribution in [3.05, 3.63) is 24.8 Å². The Morgan fingerprint density at radius 3 is 2.30 bits per heavy atom. The molecule has 0 unspecified atom stereocenters. The van der Waals surface area contributed by atoms with E-state index in [1.54, 1.807) is 19.1 Å². The molecule has 0 atom stereocenters. The molecule has 0 spiro atoms. The molecular weight excluding hydrogens is 124 g/mol. The summed E-state index contributed by atoms with van der Waals surface area (Å²) in [6.45, 7) is 8.88. The van der Waals surface area contributed by atoms with Crippen LogP contribution in [0.3, 0.4) is 0 Å². The van der Waals surface area contributed by atoms with E-state index in [-0.39, 0.29) is 11.2 Å². The Labute approximate surface area is 62.4 Å². The standard InChI is InChI=1S/C9H14O/c1-5-6-7-9(3,4)8(2)10/h5-7H,1H2,2-4H3/b7-6+. The first-order valence-electron chi connectivity index (χ1n) is 3.32. The lowest BCUT2D eigenvalue weighted by Gasteiger charge is -2.14. The Bertz CT molecular complexity index is 164. The lowest BCUT2D eigenvalue weighted by Crippen LogP contribution is -2.17. The minimum absolute atomic E-state index is 0.172. The van der Waals surface area contributed by atoms with Crippen LogP contribution in [0.1, 0.15) is 20.8 Å². The average Bonchev–Trinajstić information content (AvgIpc) is 1.84. The van der Waals surface area contributed by atoms with Crippen LogP contribution < -0.4 is 0 Å². The molecule has 0 saturated carbocycles. The fraction of sp³-hybridized carbons (Fsp3) is 0.444. The van der Waals surface area contributed by atoms with Crippen LogP contribution in [0.25, 0.3) is 0 Å². The Balaban J connectivity index is 4.25. The molecule has 1 heteroatoms. The van der Waals surface area contributed by atoms with Crippen molar-refractivity contribution in [2.24, 2.45) is 5.41 Å². The van der Waals surface area contributed by atoms with Gasteiger partial charge in [-0.25, -0.2) is 0 Å². The monoisotopic (exact) mass is 138 g/mol. The second-order valence-electron chi connectivity index (χ2n) is 2.87. The number of allylic oxidation sites excluding steroid dienone is 3. The van der Waals surface area contributed by atoms with Crippen LogP contribution in [0.4, 0.5) is 0 Å². The zero-order valence-electron chi connectivity index (χ0n) is 6.85. The first-order valence-corrected chi connectivity index (χ1v) is 3.32. The topological polar surface area (TPSA) is 17.1 Å². The SMILES string of the molecule is C=C/C=C/C(C)(C)C(C)=O. The van der Waals surface area contributed by atoms with E-state index >= 15 is 0 Å². The van der Waals surface area contributed by atoms with Crippen LogP contribution >= 0.6 is 0 Å². The predicted molar refractivity (Wildman–Crippen MR) is 43.8 cm³/mol. The maximum atomic E-state index is 10.9. The van der Waals surface area contributed by atoms with Gasteiger partial charge < -0.3 is 0 Å². The Morgan fingerprint density at radius 2 is 2.00 bits per heavy atom. The van der Waals surface area contributed by atoms with E-state index in [0.717, 1.165) is 0 Å². The summed E-state index contributed by atoms with van der Waals surface area (Å²) < 4.78 is 0. The third kappa shape index (κ3) is 2.62. The van der Waals surface area contributed by atoms with Crippen molar-refractivity contribution in [2.45, 2.75) is 20.8 Å². The fourth-order valence-corrected chi connectivity index (χ4v) is 0.426. The van der Waals surface area contributed by atoms with Crippen molar-refractivity contribution in [2.75, 3.05) is 0 Å². The van der Waals surface area contributed by atoms with Gasteiger partial charge in [0.05, 0.1) is 0 Å². The van der Waals surface area contributed by atoms with Crippen LogP contribution in [0.5, 0.6) is 0 Å². The summed E-state index contributed by atoms with van der Waals surface area (Å²) in [6.07, 6.45) is 5.31. The summed E-state index contributed by atoms with van der Waals surface area (Å²) in [5, 5.41) is 0. The van der Waals surface area contributed by atoms with Crippen molar-refractivity contribution in [3.63, 3.8) is 0 Å². The molecule has 10 heavy (non-hydrogen) atoms. The van der Waals surface area contributed by atoms with E-state index < -0.39 is 0 Å². The quantitative estimate of drug-likeness (QED) is 0.547. The highest BCUT2D eigenvalue weighted by Crippen LogP contribution is 2.17. The first kappa shape index (κ1) is 9.15. The number of carbonyl (C=O) groups is 1. The maximum absolute atomic E-state index is 10.9. The lowest BCUT2D eigenvalue weighted by atomic mass is 9.89. The summed E-state index contributed by atoms with van der Waals surface area (Å²) in [5.74, 6) is 0.172. The second kappa shape index (κ2) is 3.35. The number of Topliss-reactive ketones (excluding diaryl/α,β-unsaturated/α-hetero) is 1. The molecule has 0 fully saturated rings. The average molecular weight is 138 g/mol. The molecule has 0 aliphatic rings. The summed E-state index contributed by atoms with van der Waals surface area (Å²) in [6, 6.07) is 0. The molecule has 0 bridgehead atoms. The van der Waals surface area contributed by atoms with E-state index in [0.29, 0.717) is 0 Å². The highest BCUT2D eigenvalue weighted by molar-refractivity contribution is 5.83. The van der Waals surface area contributed by atoms with Crippen LogP contribution in [0, 0.1) is 5.41 Å². The van der Waals surface area contributed by atoms with E-state index in [2.05, 4.69) is 6.58 Å². The van der Waals surface area contributed by atoms with Crippen LogP contribution in [-0.2, 0) is 4.79 Å². The number of hydrogen-bond acceptors (Lipinski definition) is 1. The van der Waals surface area contributed by atoms with Gasteiger partial charge in [-0.2, -0.15) is 0 Å². The molecule has 1 nitrogen and oxygen atoms in total. The van der Waals surface area contributed by atoms with Crippen LogP contribution in [0.15, 0.2) is 24.8 Å². The molecule has 0 radical (unpaired) electrons. The summed E-state index contributed by atoms with van der Waals surface area (Å²) >= 11 is 0. The zero-order valence-corrected chi connectivity index (χ0v) is 6.85. The van der Waals surface area contributed by atoms with Gasteiger partial charge in [-0.05, 0) is 20.8 Å². The highest BCUT2D eigenvalue weighted by Gasteiger charge is 2.18. The minimum Gasteiger partial charge on any atom is -0.299 e. The lowest BCUT2D eigenvalue weighted by molar-refractivity contribution is -0.122. The maximum Gasteiger partial charge on any atom is 0.139 e. The van der Waals surface area contributed by atoms with E-state index in [9.17, 15) is 4.79 Å². The van der Waals surface area contributed by atoms with Gasteiger partial charge in [0.25, 0.3) is 0 Å². The zero-order chi connectivity index (χ0) is 8.20. The minimum atomic E-state index is -0.339. The van der Waals surface area contributed by atoms with Crippen molar-refractivity contribution in [3.8, 4) is 0 Å². The predicted octanol–water partition coefficient (Wildman–Crippen LogP) is 2.34. The molecule has 0 amide bonds. The third-order valence-electron chi connectivity index (χ3n) is 1.56. The normalized spacial score (nSPS) is 11.9. The third-order valence-corrected chi connectivity index (χ3v) is 1.56. The molecule has 0 heterocycles. The van der Waals surface area contributed by atoms with Gasteiger partial charge in [-0.15, -0.1) is 0 Å². The van der Waals surface area contributed by atoms with Crippen molar-refractivity contribution >= 4 is 5.78 Å². The van der Waals surface area contributed by atoms with Crippen molar-refractivity contribution in [1.82, 2.24) is 0 Å². The first-order chi connectivity index (χ1) is 4.50. The molecule has 0 rings (SSSR count). The van der Waals surface area contributed by atoms with Crippen molar-refractivity contribution < 1.29 is 4.79 Å². The molecule has 0 saturated heterocycles. The van der Waals surface area contributed by atoms with E-state index in [4.69, 9.17) is 0 Å². The molecule has 0 aliphatic carbocycles.